The molecule has 0 unspecified atom stereocenters. The third kappa shape index (κ3) is 7.10. The highest BCUT2D eigenvalue weighted by molar-refractivity contribution is 6.30. The van der Waals surface area contributed by atoms with Crippen LogP contribution in [0.25, 0.3) is 0 Å². The van der Waals surface area contributed by atoms with Crippen LogP contribution >= 0.6 is 11.6 Å². The SMILES string of the molecule is COCCNCc1cc(Cl)ccc1OCCC(C)(C)O. The lowest BCUT2D eigenvalue weighted by Gasteiger charge is -2.18. The van der Waals surface area contributed by atoms with E-state index in [1.807, 2.05) is 12.1 Å². The van der Waals surface area contributed by atoms with Gasteiger partial charge < -0.3 is 19.9 Å². The molecule has 0 saturated carbocycles. The van der Waals surface area contributed by atoms with Crippen molar-refractivity contribution in [2.75, 3.05) is 26.9 Å². The molecular formula is C15H24ClNO3. The average molecular weight is 302 g/mol. The van der Waals surface area contributed by atoms with Crippen molar-refractivity contribution in [1.82, 2.24) is 5.32 Å². The maximum absolute atomic E-state index is 9.68. The van der Waals surface area contributed by atoms with Gasteiger partial charge in [0.2, 0.25) is 0 Å². The number of hydrogen-bond acceptors (Lipinski definition) is 4. The Balaban J connectivity index is 2.55. The molecule has 1 rings (SSSR count). The summed E-state index contributed by atoms with van der Waals surface area (Å²) in [6.07, 6.45) is 0.576. The number of methoxy groups -OCH3 is 1. The van der Waals surface area contributed by atoms with Crippen LogP contribution in [0, 0.1) is 0 Å². The van der Waals surface area contributed by atoms with Crippen molar-refractivity contribution < 1.29 is 14.6 Å². The minimum atomic E-state index is -0.719. The standard InChI is InChI=1S/C15H24ClNO3/c1-15(2,18)6-8-20-14-5-4-13(16)10-12(14)11-17-7-9-19-3/h4-5,10,17-18H,6-9,11H2,1-3H3. The fourth-order valence-electron chi connectivity index (χ4n) is 1.64. The zero-order valence-electron chi connectivity index (χ0n) is 12.4. The predicted molar refractivity (Wildman–Crippen MR) is 81.4 cm³/mol. The van der Waals surface area contributed by atoms with Crippen LogP contribution in [-0.2, 0) is 11.3 Å². The van der Waals surface area contributed by atoms with E-state index in [1.54, 1.807) is 27.0 Å². The van der Waals surface area contributed by atoms with Gasteiger partial charge in [-0.1, -0.05) is 11.6 Å². The quantitative estimate of drug-likeness (QED) is 0.689. The van der Waals surface area contributed by atoms with Gasteiger partial charge >= 0.3 is 0 Å². The number of ether oxygens (including phenoxy) is 2. The van der Waals surface area contributed by atoms with E-state index in [4.69, 9.17) is 21.1 Å². The second-order valence-corrected chi connectivity index (χ2v) is 5.77. The molecule has 114 valence electrons. The van der Waals surface area contributed by atoms with Gasteiger partial charge in [-0.3, -0.25) is 0 Å². The number of aliphatic hydroxyl groups is 1. The molecule has 0 atom stereocenters. The highest BCUT2D eigenvalue weighted by Gasteiger charge is 2.13. The molecule has 20 heavy (non-hydrogen) atoms. The van der Waals surface area contributed by atoms with Gasteiger partial charge in [0.05, 0.1) is 18.8 Å². The molecule has 0 fully saturated rings. The van der Waals surface area contributed by atoms with Crippen LogP contribution in [0.3, 0.4) is 0 Å². The number of rotatable bonds is 9. The molecule has 1 aromatic rings. The first-order valence-corrected chi connectivity index (χ1v) is 7.13. The molecular weight excluding hydrogens is 278 g/mol. The fourth-order valence-corrected chi connectivity index (χ4v) is 1.83. The molecule has 0 spiro atoms. The van der Waals surface area contributed by atoms with E-state index < -0.39 is 5.60 Å². The summed E-state index contributed by atoms with van der Waals surface area (Å²) >= 11 is 6.02. The smallest absolute Gasteiger partial charge is 0.123 e. The van der Waals surface area contributed by atoms with E-state index in [2.05, 4.69) is 5.32 Å². The first-order valence-electron chi connectivity index (χ1n) is 6.75. The first-order chi connectivity index (χ1) is 9.42. The lowest BCUT2D eigenvalue weighted by Crippen LogP contribution is -2.22. The molecule has 0 aliphatic rings. The molecule has 0 aliphatic carbocycles. The van der Waals surface area contributed by atoms with Crippen LogP contribution in [0.1, 0.15) is 25.8 Å². The van der Waals surface area contributed by atoms with Gasteiger partial charge in [0, 0.05) is 37.2 Å². The van der Waals surface area contributed by atoms with E-state index >= 15 is 0 Å². The molecule has 2 N–H and O–H groups in total. The van der Waals surface area contributed by atoms with Crippen molar-refractivity contribution in [3.05, 3.63) is 28.8 Å². The van der Waals surface area contributed by atoms with E-state index in [-0.39, 0.29) is 0 Å². The van der Waals surface area contributed by atoms with E-state index in [0.717, 1.165) is 17.9 Å². The summed E-state index contributed by atoms with van der Waals surface area (Å²) in [6.45, 7) is 6.11. The largest absolute Gasteiger partial charge is 0.493 e. The lowest BCUT2D eigenvalue weighted by atomic mass is 10.1. The summed E-state index contributed by atoms with van der Waals surface area (Å²) in [4.78, 5) is 0. The van der Waals surface area contributed by atoms with Crippen LogP contribution < -0.4 is 10.1 Å². The van der Waals surface area contributed by atoms with Crippen LogP contribution in [0.5, 0.6) is 5.75 Å². The molecule has 0 aromatic heterocycles. The molecule has 0 aliphatic heterocycles. The molecule has 5 heteroatoms. The van der Waals surface area contributed by atoms with Gasteiger partial charge in [-0.05, 0) is 32.0 Å². The Morgan fingerprint density at radius 3 is 2.70 bits per heavy atom. The Bertz CT molecular complexity index is 405. The summed E-state index contributed by atoms with van der Waals surface area (Å²) in [6, 6.07) is 5.56. The topological polar surface area (TPSA) is 50.7 Å². The van der Waals surface area contributed by atoms with Gasteiger partial charge in [0.25, 0.3) is 0 Å². The Morgan fingerprint density at radius 2 is 2.05 bits per heavy atom. The van der Waals surface area contributed by atoms with E-state index in [0.29, 0.717) is 31.2 Å². The predicted octanol–water partition coefficient (Wildman–Crippen LogP) is 2.62. The van der Waals surface area contributed by atoms with Crippen LogP contribution in [-0.4, -0.2) is 37.6 Å². The maximum Gasteiger partial charge on any atom is 0.123 e. The van der Waals surface area contributed by atoms with Crippen LogP contribution in [0.15, 0.2) is 18.2 Å². The molecule has 4 nitrogen and oxygen atoms in total. The van der Waals surface area contributed by atoms with Gasteiger partial charge in [-0.2, -0.15) is 0 Å². The van der Waals surface area contributed by atoms with Crippen molar-refractivity contribution in [3.63, 3.8) is 0 Å². The summed E-state index contributed by atoms with van der Waals surface area (Å²) in [7, 11) is 1.67. The van der Waals surface area contributed by atoms with Gasteiger partial charge in [0.1, 0.15) is 5.75 Å². The highest BCUT2D eigenvalue weighted by Crippen LogP contribution is 2.23. The van der Waals surface area contributed by atoms with E-state index in [9.17, 15) is 5.11 Å². The lowest BCUT2D eigenvalue weighted by molar-refractivity contribution is 0.0552. The maximum atomic E-state index is 9.68. The van der Waals surface area contributed by atoms with Crippen molar-refractivity contribution >= 4 is 11.6 Å². The Hall–Kier alpha value is -0.810. The third-order valence-electron chi connectivity index (χ3n) is 2.79. The zero-order chi connectivity index (χ0) is 15.0. The Labute approximate surface area is 126 Å². The number of benzene rings is 1. The van der Waals surface area contributed by atoms with Crippen LogP contribution in [0.4, 0.5) is 0 Å². The Kier molecular flexibility index (Phi) is 7.30. The first kappa shape index (κ1) is 17.2. The van der Waals surface area contributed by atoms with Crippen molar-refractivity contribution in [1.29, 1.82) is 0 Å². The molecule has 0 bridgehead atoms. The van der Waals surface area contributed by atoms with E-state index in [1.165, 1.54) is 0 Å². The number of nitrogens with one attached hydrogen (secondary N) is 1. The van der Waals surface area contributed by atoms with Gasteiger partial charge in [-0.25, -0.2) is 0 Å². The Morgan fingerprint density at radius 1 is 1.30 bits per heavy atom. The normalized spacial score (nSPS) is 11.7. The van der Waals surface area contributed by atoms with Crippen molar-refractivity contribution in [2.45, 2.75) is 32.4 Å². The van der Waals surface area contributed by atoms with Gasteiger partial charge in [0.15, 0.2) is 0 Å². The average Bonchev–Trinajstić information content (AvgIpc) is 2.35. The monoisotopic (exact) mass is 301 g/mol. The fraction of sp³-hybridized carbons (Fsp3) is 0.600. The third-order valence-corrected chi connectivity index (χ3v) is 3.03. The molecule has 0 saturated heterocycles. The molecule has 0 heterocycles. The summed E-state index contributed by atoms with van der Waals surface area (Å²) in [5.74, 6) is 0.795. The highest BCUT2D eigenvalue weighted by atomic mass is 35.5. The molecule has 1 aromatic carbocycles. The second-order valence-electron chi connectivity index (χ2n) is 5.33. The zero-order valence-corrected chi connectivity index (χ0v) is 13.2. The second kappa shape index (κ2) is 8.47. The summed E-state index contributed by atoms with van der Waals surface area (Å²) in [5, 5.41) is 13.6. The minimum Gasteiger partial charge on any atom is -0.493 e. The number of halogens is 1. The van der Waals surface area contributed by atoms with Crippen molar-refractivity contribution in [3.8, 4) is 5.75 Å². The van der Waals surface area contributed by atoms with Gasteiger partial charge in [-0.15, -0.1) is 0 Å². The van der Waals surface area contributed by atoms with Crippen LogP contribution in [0.2, 0.25) is 5.02 Å². The summed E-state index contributed by atoms with van der Waals surface area (Å²) in [5.41, 5.74) is 0.285. The molecule has 0 amide bonds. The number of hydrogen-bond donors (Lipinski definition) is 2. The molecule has 0 radical (unpaired) electrons. The van der Waals surface area contributed by atoms with Crippen molar-refractivity contribution in [2.24, 2.45) is 0 Å². The minimum absolute atomic E-state index is 0.468. The summed E-state index contributed by atoms with van der Waals surface area (Å²) < 4.78 is 10.7.